The Balaban J connectivity index is 2.07. The van der Waals surface area contributed by atoms with Crippen molar-refractivity contribution >= 4 is 10.0 Å². The fourth-order valence-corrected chi connectivity index (χ4v) is 4.23. The molecule has 5 nitrogen and oxygen atoms in total. The predicted molar refractivity (Wildman–Crippen MR) is 79.1 cm³/mol. The van der Waals surface area contributed by atoms with E-state index in [0.717, 1.165) is 5.56 Å². The summed E-state index contributed by atoms with van der Waals surface area (Å²) in [5, 5.41) is 12.8. The van der Waals surface area contributed by atoms with Crippen LogP contribution in [0, 0.1) is 0 Å². The minimum atomic E-state index is -3.39. The zero-order chi connectivity index (χ0) is 14.8. The lowest BCUT2D eigenvalue weighted by Crippen LogP contribution is -2.45. The van der Waals surface area contributed by atoms with Crippen LogP contribution in [-0.2, 0) is 10.0 Å². The van der Waals surface area contributed by atoms with Crippen LogP contribution < -0.4 is 5.32 Å². The van der Waals surface area contributed by atoms with Gasteiger partial charge in [-0.15, -0.1) is 0 Å². The number of aliphatic hydroxyl groups excluding tert-OH is 1. The first-order valence-corrected chi connectivity index (χ1v) is 8.42. The quantitative estimate of drug-likeness (QED) is 0.825. The average Bonchev–Trinajstić information content (AvgIpc) is 2.84. The van der Waals surface area contributed by atoms with Crippen LogP contribution in [0.5, 0.6) is 0 Å². The SMILES string of the molecule is CC(CS(=O)(=O)N(C)[C@H]1CNC[C@@H]1O)c1ccccc1. The van der Waals surface area contributed by atoms with Crippen LogP contribution in [-0.4, -0.2) is 55.9 Å². The molecule has 0 aliphatic carbocycles. The van der Waals surface area contributed by atoms with Crippen LogP contribution >= 0.6 is 0 Å². The zero-order valence-corrected chi connectivity index (χ0v) is 12.7. The third kappa shape index (κ3) is 3.38. The topological polar surface area (TPSA) is 69.6 Å². The molecule has 1 heterocycles. The Morgan fingerprint density at radius 3 is 2.55 bits per heavy atom. The van der Waals surface area contributed by atoms with Gasteiger partial charge in [0.2, 0.25) is 10.0 Å². The fraction of sp³-hybridized carbons (Fsp3) is 0.571. The van der Waals surface area contributed by atoms with Gasteiger partial charge < -0.3 is 10.4 Å². The number of rotatable bonds is 5. The van der Waals surface area contributed by atoms with Gasteiger partial charge in [-0.1, -0.05) is 37.3 Å². The molecule has 1 aromatic carbocycles. The number of likely N-dealkylation sites (N-methyl/N-ethyl adjacent to an activating group) is 1. The number of benzene rings is 1. The first-order chi connectivity index (χ1) is 9.42. The summed E-state index contributed by atoms with van der Waals surface area (Å²) in [6.45, 7) is 2.85. The number of hydrogen-bond donors (Lipinski definition) is 2. The van der Waals surface area contributed by atoms with Gasteiger partial charge in [-0.2, -0.15) is 4.31 Å². The van der Waals surface area contributed by atoms with Crippen LogP contribution in [0.1, 0.15) is 18.4 Å². The molecule has 3 atom stereocenters. The van der Waals surface area contributed by atoms with Crippen LogP contribution in [0.2, 0.25) is 0 Å². The van der Waals surface area contributed by atoms with Gasteiger partial charge >= 0.3 is 0 Å². The normalized spacial score (nSPS) is 25.0. The molecule has 6 heteroatoms. The highest BCUT2D eigenvalue weighted by Crippen LogP contribution is 2.20. The zero-order valence-electron chi connectivity index (χ0n) is 11.9. The number of sulfonamides is 1. The number of hydrogen-bond acceptors (Lipinski definition) is 4. The van der Waals surface area contributed by atoms with Gasteiger partial charge in [0, 0.05) is 20.1 Å². The Morgan fingerprint density at radius 1 is 1.35 bits per heavy atom. The van der Waals surface area contributed by atoms with E-state index in [1.165, 1.54) is 4.31 Å². The van der Waals surface area contributed by atoms with E-state index < -0.39 is 16.1 Å². The molecular weight excluding hydrogens is 276 g/mol. The van der Waals surface area contributed by atoms with Gasteiger partial charge in [0.05, 0.1) is 17.9 Å². The van der Waals surface area contributed by atoms with Crippen molar-refractivity contribution in [3.05, 3.63) is 35.9 Å². The maximum atomic E-state index is 12.4. The van der Waals surface area contributed by atoms with Crippen molar-refractivity contribution in [1.29, 1.82) is 0 Å². The minimum Gasteiger partial charge on any atom is -0.390 e. The van der Waals surface area contributed by atoms with E-state index in [1.54, 1.807) is 7.05 Å². The third-order valence-electron chi connectivity index (χ3n) is 3.89. The molecule has 1 unspecified atom stereocenters. The lowest BCUT2D eigenvalue weighted by molar-refractivity contribution is 0.136. The maximum absolute atomic E-state index is 12.4. The summed E-state index contributed by atoms with van der Waals surface area (Å²) < 4.78 is 26.2. The van der Waals surface area contributed by atoms with Crippen molar-refractivity contribution in [3.8, 4) is 0 Å². The molecule has 1 fully saturated rings. The molecular formula is C14H22N2O3S. The standard InChI is InChI=1S/C14H22N2O3S/c1-11(12-6-4-3-5-7-12)10-20(18,19)16(2)13-8-15-9-14(13)17/h3-7,11,13-15,17H,8-10H2,1-2H3/t11?,13-,14-/m0/s1. The van der Waals surface area contributed by atoms with E-state index in [2.05, 4.69) is 5.32 Å². The number of nitrogens with zero attached hydrogens (tertiary/aromatic N) is 1. The summed E-state index contributed by atoms with van der Waals surface area (Å²) >= 11 is 0. The molecule has 1 aliphatic rings. The molecule has 2 N–H and O–H groups in total. The Bertz CT molecular complexity index is 533. The minimum absolute atomic E-state index is 0.0523. The largest absolute Gasteiger partial charge is 0.390 e. The van der Waals surface area contributed by atoms with Crippen molar-refractivity contribution in [3.63, 3.8) is 0 Å². The maximum Gasteiger partial charge on any atom is 0.214 e. The van der Waals surface area contributed by atoms with Crippen LogP contribution in [0.15, 0.2) is 30.3 Å². The molecule has 0 bridgehead atoms. The molecule has 0 amide bonds. The monoisotopic (exact) mass is 298 g/mol. The van der Waals surface area contributed by atoms with Gasteiger partial charge in [-0.25, -0.2) is 8.42 Å². The van der Waals surface area contributed by atoms with Crippen LogP contribution in [0.25, 0.3) is 0 Å². The number of β-amino-alcohol motifs (C(OH)–C–C–N with tert-alkyl or cyclic N) is 1. The lowest BCUT2D eigenvalue weighted by Gasteiger charge is -2.27. The predicted octanol–water partition coefficient (Wildman–Crippen LogP) is 0.384. The smallest absolute Gasteiger partial charge is 0.214 e. The molecule has 0 spiro atoms. The highest BCUT2D eigenvalue weighted by Gasteiger charge is 2.35. The van der Waals surface area contributed by atoms with E-state index in [0.29, 0.717) is 13.1 Å². The second-order valence-electron chi connectivity index (χ2n) is 5.40. The molecule has 0 saturated carbocycles. The van der Waals surface area contributed by atoms with Crippen molar-refractivity contribution in [2.24, 2.45) is 0 Å². The Labute approximate surface area is 120 Å². The molecule has 0 radical (unpaired) electrons. The summed E-state index contributed by atoms with van der Waals surface area (Å²) in [5.74, 6) is -0.0216. The molecule has 1 aliphatic heterocycles. The third-order valence-corrected chi connectivity index (χ3v) is 5.96. The van der Waals surface area contributed by atoms with Crippen molar-refractivity contribution in [1.82, 2.24) is 9.62 Å². The Morgan fingerprint density at radius 2 is 2.00 bits per heavy atom. The van der Waals surface area contributed by atoms with Gasteiger partial charge in [-0.05, 0) is 11.5 Å². The van der Waals surface area contributed by atoms with Gasteiger partial charge in [-0.3, -0.25) is 0 Å². The van der Waals surface area contributed by atoms with E-state index in [1.807, 2.05) is 37.3 Å². The molecule has 20 heavy (non-hydrogen) atoms. The molecule has 2 rings (SSSR count). The van der Waals surface area contributed by atoms with Crippen molar-refractivity contribution in [2.45, 2.75) is 25.0 Å². The van der Waals surface area contributed by atoms with E-state index in [-0.39, 0.29) is 17.7 Å². The lowest BCUT2D eigenvalue weighted by atomic mass is 10.0. The fourth-order valence-electron chi connectivity index (χ4n) is 2.54. The van der Waals surface area contributed by atoms with Gasteiger partial charge in [0.25, 0.3) is 0 Å². The summed E-state index contributed by atoms with van der Waals surface area (Å²) in [6.07, 6.45) is -0.637. The van der Waals surface area contributed by atoms with E-state index >= 15 is 0 Å². The average molecular weight is 298 g/mol. The molecule has 1 saturated heterocycles. The summed E-state index contributed by atoms with van der Waals surface area (Å²) in [7, 11) is -1.84. The molecule has 0 aromatic heterocycles. The van der Waals surface area contributed by atoms with Crippen molar-refractivity contribution < 1.29 is 13.5 Å². The van der Waals surface area contributed by atoms with E-state index in [4.69, 9.17) is 0 Å². The summed E-state index contributed by atoms with van der Waals surface area (Å²) in [6, 6.07) is 9.23. The van der Waals surface area contributed by atoms with Gasteiger partial charge in [0.15, 0.2) is 0 Å². The number of nitrogens with one attached hydrogen (secondary N) is 1. The van der Waals surface area contributed by atoms with Gasteiger partial charge in [0.1, 0.15) is 0 Å². The second-order valence-corrected chi connectivity index (χ2v) is 7.47. The first kappa shape index (κ1) is 15.4. The highest BCUT2D eigenvalue weighted by molar-refractivity contribution is 7.89. The van der Waals surface area contributed by atoms with E-state index in [9.17, 15) is 13.5 Å². The second kappa shape index (κ2) is 6.22. The first-order valence-electron chi connectivity index (χ1n) is 6.81. The van der Waals surface area contributed by atoms with Crippen molar-refractivity contribution in [2.75, 3.05) is 25.9 Å². The Kier molecular flexibility index (Phi) is 4.80. The molecule has 112 valence electrons. The van der Waals surface area contributed by atoms with Crippen LogP contribution in [0.4, 0.5) is 0 Å². The highest BCUT2D eigenvalue weighted by atomic mass is 32.2. The molecule has 1 aromatic rings. The summed E-state index contributed by atoms with van der Waals surface area (Å²) in [4.78, 5) is 0. The Hall–Kier alpha value is -0.950. The summed E-state index contributed by atoms with van der Waals surface area (Å²) in [5.41, 5.74) is 1.01. The van der Waals surface area contributed by atoms with Crippen LogP contribution in [0.3, 0.4) is 0 Å². The number of aliphatic hydroxyl groups is 1.